The summed E-state index contributed by atoms with van der Waals surface area (Å²) in [5, 5.41) is 21.2. The number of phenolic OH excluding ortho intramolecular Hbond substituents is 1. The van der Waals surface area contributed by atoms with Gasteiger partial charge in [0.2, 0.25) is 10.0 Å². The quantitative estimate of drug-likeness (QED) is 0.389. The molecule has 2 saturated heterocycles. The van der Waals surface area contributed by atoms with Crippen LogP contribution in [0.4, 0.5) is 0 Å². The highest BCUT2D eigenvalue weighted by Gasteiger charge is 2.44. The van der Waals surface area contributed by atoms with Crippen LogP contribution in [-0.4, -0.2) is 73.7 Å². The van der Waals surface area contributed by atoms with E-state index in [1.54, 1.807) is 0 Å². The van der Waals surface area contributed by atoms with Crippen LogP contribution in [0.5, 0.6) is 5.75 Å². The molecule has 2 aromatic carbocycles. The number of aromatic hydroxyl groups is 1. The number of carbonyl (C=O) groups excluding carboxylic acids is 1. The number of aliphatic hydroxyl groups is 1. The third-order valence-corrected chi connectivity index (χ3v) is 8.82. The van der Waals surface area contributed by atoms with E-state index in [0.717, 1.165) is 12.0 Å². The number of ether oxygens (including phenoxy) is 3. The average molecular weight is 548 g/mol. The van der Waals surface area contributed by atoms with Crippen LogP contribution in [0.15, 0.2) is 59.5 Å². The Bertz CT molecular complexity index is 1170. The van der Waals surface area contributed by atoms with Gasteiger partial charge in [0.15, 0.2) is 6.29 Å². The van der Waals surface area contributed by atoms with Crippen LogP contribution in [0, 0.1) is 17.8 Å². The molecule has 2 aliphatic rings. The van der Waals surface area contributed by atoms with E-state index in [1.807, 2.05) is 44.2 Å². The predicted octanol–water partition coefficient (Wildman–Crippen LogP) is 2.95. The Morgan fingerprint density at radius 3 is 2.58 bits per heavy atom. The minimum atomic E-state index is -4.01. The average Bonchev–Trinajstić information content (AvgIpc) is 3.49. The minimum Gasteiger partial charge on any atom is -0.508 e. The van der Waals surface area contributed by atoms with Crippen molar-refractivity contribution in [3.8, 4) is 5.75 Å². The van der Waals surface area contributed by atoms with Crippen LogP contribution in [0.3, 0.4) is 0 Å². The standard InChI is InChI=1S/C28H37NO8S/c1-19(2)16-29(38(33,34)23-10-6-9-22(30)15-23)17-25(31)21(13-20-7-4-3-5-8-20)14-27(32)37-26-18-36-28-24(26)11-12-35-28/h3-10,15,19,21,24-26,28,30-31H,11-14,16-18H2,1-2H3/t21-,24?,25-,26?,28-/m1/s1. The fraction of sp³-hybridized carbons (Fsp3) is 0.536. The minimum absolute atomic E-state index is 0.00501. The number of aliphatic hydroxyl groups excluding tert-OH is 1. The molecule has 0 aliphatic carbocycles. The number of fused-ring (bicyclic) bond motifs is 1. The SMILES string of the molecule is CC(C)CN(C[C@@H](O)[C@@H](CC(=O)OC1CO[C@H]2OCCC12)Cc1ccccc1)S(=O)(=O)c1cccc(O)c1. The topological polar surface area (TPSA) is 123 Å². The van der Waals surface area contributed by atoms with Crippen LogP contribution in [-0.2, 0) is 35.4 Å². The number of hydrogen-bond acceptors (Lipinski definition) is 8. The maximum absolute atomic E-state index is 13.5. The Hall–Kier alpha value is -2.50. The predicted molar refractivity (Wildman–Crippen MR) is 140 cm³/mol. The lowest BCUT2D eigenvalue weighted by Crippen LogP contribution is -2.43. The number of benzene rings is 2. The number of sulfonamides is 1. The summed E-state index contributed by atoms with van der Waals surface area (Å²) in [6.07, 6.45) is -0.827. The van der Waals surface area contributed by atoms with Gasteiger partial charge in [0, 0.05) is 19.0 Å². The smallest absolute Gasteiger partial charge is 0.306 e. The van der Waals surface area contributed by atoms with Gasteiger partial charge in [0.05, 0.1) is 36.6 Å². The molecule has 0 aromatic heterocycles. The van der Waals surface area contributed by atoms with E-state index in [-0.39, 0.29) is 54.9 Å². The molecule has 2 unspecified atom stereocenters. The number of nitrogens with zero attached hydrogens (tertiary/aromatic N) is 1. The molecule has 2 aromatic rings. The summed E-state index contributed by atoms with van der Waals surface area (Å²) in [5.41, 5.74) is 0.920. The van der Waals surface area contributed by atoms with Gasteiger partial charge < -0.3 is 24.4 Å². The van der Waals surface area contributed by atoms with Crippen molar-refractivity contribution >= 4 is 16.0 Å². The lowest BCUT2D eigenvalue weighted by Gasteiger charge is -2.30. The number of phenols is 1. The Morgan fingerprint density at radius 2 is 1.87 bits per heavy atom. The fourth-order valence-electron chi connectivity index (χ4n) is 5.07. The zero-order valence-electron chi connectivity index (χ0n) is 21.8. The Morgan fingerprint density at radius 1 is 1.11 bits per heavy atom. The molecule has 2 N–H and O–H groups in total. The second kappa shape index (κ2) is 12.6. The van der Waals surface area contributed by atoms with Gasteiger partial charge in [0.25, 0.3) is 0 Å². The monoisotopic (exact) mass is 547 g/mol. The molecule has 0 spiro atoms. The molecule has 38 heavy (non-hydrogen) atoms. The van der Waals surface area contributed by atoms with Crippen molar-refractivity contribution in [1.82, 2.24) is 4.31 Å². The van der Waals surface area contributed by atoms with Gasteiger partial charge in [-0.25, -0.2) is 8.42 Å². The Balaban J connectivity index is 1.51. The van der Waals surface area contributed by atoms with Crippen molar-refractivity contribution in [3.05, 3.63) is 60.2 Å². The van der Waals surface area contributed by atoms with Gasteiger partial charge in [-0.2, -0.15) is 4.31 Å². The highest BCUT2D eigenvalue weighted by Crippen LogP contribution is 2.33. The molecule has 10 heteroatoms. The van der Waals surface area contributed by atoms with E-state index < -0.39 is 34.1 Å². The molecular formula is C28H37NO8S. The summed E-state index contributed by atoms with van der Waals surface area (Å²) in [5.74, 6) is -1.22. The fourth-order valence-corrected chi connectivity index (χ4v) is 6.73. The summed E-state index contributed by atoms with van der Waals surface area (Å²) < 4.78 is 45.0. The van der Waals surface area contributed by atoms with Crippen molar-refractivity contribution in [3.63, 3.8) is 0 Å². The van der Waals surface area contributed by atoms with Crippen molar-refractivity contribution in [1.29, 1.82) is 0 Å². The molecule has 5 atom stereocenters. The molecule has 0 bridgehead atoms. The van der Waals surface area contributed by atoms with Gasteiger partial charge in [-0.3, -0.25) is 4.79 Å². The Labute approximate surface area is 224 Å². The second-order valence-electron chi connectivity index (χ2n) is 10.5. The third kappa shape index (κ3) is 7.12. The van der Waals surface area contributed by atoms with E-state index in [2.05, 4.69) is 0 Å². The number of esters is 1. The van der Waals surface area contributed by atoms with Crippen molar-refractivity contribution in [2.45, 2.75) is 56.5 Å². The van der Waals surface area contributed by atoms with Gasteiger partial charge in [0.1, 0.15) is 11.9 Å². The lowest BCUT2D eigenvalue weighted by molar-refractivity contribution is -0.153. The van der Waals surface area contributed by atoms with Crippen LogP contribution in [0.25, 0.3) is 0 Å². The highest BCUT2D eigenvalue weighted by molar-refractivity contribution is 7.89. The molecule has 2 aliphatic heterocycles. The number of hydrogen-bond donors (Lipinski definition) is 2. The molecule has 0 amide bonds. The maximum Gasteiger partial charge on any atom is 0.306 e. The summed E-state index contributed by atoms with van der Waals surface area (Å²) in [6.45, 7) is 4.58. The summed E-state index contributed by atoms with van der Waals surface area (Å²) in [7, 11) is -4.01. The largest absolute Gasteiger partial charge is 0.508 e. The van der Waals surface area contributed by atoms with E-state index in [9.17, 15) is 23.4 Å². The first-order chi connectivity index (χ1) is 18.1. The van der Waals surface area contributed by atoms with E-state index in [1.165, 1.54) is 28.6 Å². The third-order valence-electron chi connectivity index (χ3n) is 7.00. The molecule has 2 fully saturated rings. The maximum atomic E-state index is 13.5. The first-order valence-corrected chi connectivity index (χ1v) is 14.5. The van der Waals surface area contributed by atoms with E-state index in [0.29, 0.717) is 13.0 Å². The molecule has 9 nitrogen and oxygen atoms in total. The van der Waals surface area contributed by atoms with E-state index >= 15 is 0 Å². The summed E-state index contributed by atoms with van der Waals surface area (Å²) >= 11 is 0. The highest BCUT2D eigenvalue weighted by atomic mass is 32.2. The number of carbonyl (C=O) groups is 1. The first kappa shape index (κ1) is 28.5. The van der Waals surface area contributed by atoms with Gasteiger partial charge in [-0.05, 0) is 42.5 Å². The Kier molecular flexibility index (Phi) is 9.43. The molecule has 2 heterocycles. The zero-order chi connectivity index (χ0) is 27.3. The second-order valence-corrected chi connectivity index (χ2v) is 12.4. The molecule has 0 saturated carbocycles. The van der Waals surface area contributed by atoms with Crippen LogP contribution in [0.2, 0.25) is 0 Å². The van der Waals surface area contributed by atoms with Crippen molar-refractivity contribution in [2.75, 3.05) is 26.3 Å². The normalized spacial score (nSPS) is 22.9. The number of rotatable bonds is 12. The summed E-state index contributed by atoms with van der Waals surface area (Å²) in [4.78, 5) is 13.0. The molecular weight excluding hydrogens is 510 g/mol. The van der Waals surface area contributed by atoms with Crippen LogP contribution < -0.4 is 0 Å². The lowest BCUT2D eigenvalue weighted by atomic mass is 9.90. The van der Waals surface area contributed by atoms with Crippen molar-refractivity contribution in [2.24, 2.45) is 17.8 Å². The molecule has 4 rings (SSSR count). The van der Waals surface area contributed by atoms with Gasteiger partial charge in [-0.15, -0.1) is 0 Å². The van der Waals surface area contributed by atoms with E-state index in [4.69, 9.17) is 14.2 Å². The zero-order valence-corrected chi connectivity index (χ0v) is 22.6. The van der Waals surface area contributed by atoms with Crippen LogP contribution >= 0.6 is 0 Å². The first-order valence-electron chi connectivity index (χ1n) is 13.1. The molecule has 0 radical (unpaired) electrons. The van der Waals surface area contributed by atoms with Crippen molar-refractivity contribution < 1.29 is 37.6 Å². The summed E-state index contributed by atoms with van der Waals surface area (Å²) in [6, 6.07) is 14.9. The van der Waals surface area contributed by atoms with Gasteiger partial charge >= 0.3 is 5.97 Å². The molecule has 208 valence electrons. The van der Waals surface area contributed by atoms with Crippen LogP contribution in [0.1, 0.15) is 32.3 Å². The van der Waals surface area contributed by atoms with Gasteiger partial charge in [-0.1, -0.05) is 50.2 Å².